The Balaban J connectivity index is 1.71. The highest BCUT2D eigenvalue weighted by Crippen LogP contribution is 2.32. The van der Waals surface area contributed by atoms with E-state index < -0.39 is 6.10 Å². The van der Waals surface area contributed by atoms with Crippen LogP contribution in [0, 0.1) is 0 Å². The predicted octanol–water partition coefficient (Wildman–Crippen LogP) is 3.40. The second kappa shape index (κ2) is 7.72. The Morgan fingerprint density at radius 3 is 2.80 bits per heavy atom. The fraction of sp³-hybridized carbons (Fsp3) is 0.333. The number of aliphatic hydroxyl groups is 1. The summed E-state index contributed by atoms with van der Waals surface area (Å²) in [5.41, 5.74) is 4.43. The Morgan fingerprint density at radius 2 is 2.04 bits per heavy atom. The van der Waals surface area contributed by atoms with Gasteiger partial charge in [0.25, 0.3) is 0 Å². The lowest BCUT2D eigenvalue weighted by Gasteiger charge is -2.19. The summed E-state index contributed by atoms with van der Waals surface area (Å²) in [6.07, 6.45) is 0.304. The van der Waals surface area contributed by atoms with Crippen LogP contribution in [0.1, 0.15) is 29.7 Å². The Bertz CT molecular complexity index is 757. The van der Waals surface area contributed by atoms with E-state index in [-0.39, 0.29) is 6.04 Å². The van der Waals surface area contributed by atoms with Crippen LogP contribution in [0.3, 0.4) is 0 Å². The smallest absolute Gasteiger partial charge is 0.161 e. The number of hydrogen-bond acceptors (Lipinski definition) is 4. The molecule has 0 radical (unpaired) electrons. The maximum Gasteiger partial charge on any atom is 0.161 e. The number of methoxy groups -OCH3 is 1. The molecule has 0 aromatic heterocycles. The van der Waals surface area contributed by atoms with Crippen LogP contribution in [0.25, 0.3) is 0 Å². The van der Waals surface area contributed by atoms with E-state index in [2.05, 4.69) is 24.0 Å². The first-order valence-corrected chi connectivity index (χ1v) is 8.52. The van der Waals surface area contributed by atoms with E-state index in [9.17, 15) is 5.11 Å². The van der Waals surface area contributed by atoms with Gasteiger partial charge in [0.05, 0.1) is 19.3 Å². The molecule has 3 rings (SSSR count). The molecule has 2 atom stereocenters. The average molecular weight is 339 g/mol. The Kier molecular flexibility index (Phi) is 5.41. The highest BCUT2D eigenvalue weighted by atomic mass is 16.5. The number of nitrogens with one attached hydrogen (secondary N) is 1. The normalized spacial score (nSPS) is 18.7. The van der Waals surface area contributed by atoms with Crippen molar-refractivity contribution in [1.82, 2.24) is 5.32 Å². The molecule has 0 unspecified atom stereocenters. The number of ether oxygens (including phenoxy) is 2. The summed E-state index contributed by atoms with van der Waals surface area (Å²) in [5.74, 6) is 1.41. The lowest BCUT2D eigenvalue weighted by Crippen LogP contribution is -2.28. The first kappa shape index (κ1) is 17.5. The Labute approximate surface area is 149 Å². The number of fused-ring (bicyclic) bond motifs is 1. The van der Waals surface area contributed by atoms with Gasteiger partial charge in [0.15, 0.2) is 11.5 Å². The number of hydrogen-bond donors (Lipinski definition) is 2. The summed E-state index contributed by atoms with van der Waals surface area (Å²) in [4.78, 5) is 0. The zero-order chi connectivity index (χ0) is 17.8. The molecular weight excluding hydrogens is 314 g/mol. The summed E-state index contributed by atoms with van der Waals surface area (Å²) in [6.45, 7) is 6.89. The fourth-order valence-corrected chi connectivity index (χ4v) is 3.19. The molecular formula is C21H25NO3. The maximum absolute atomic E-state index is 10.4. The molecule has 0 saturated carbocycles. The van der Waals surface area contributed by atoms with Crippen molar-refractivity contribution in [2.75, 3.05) is 13.7 Å². The molecule has 25 heavy (non-hydrogen) atoms. The number of aliphatic hydroxyl groups excluding tert-OH is 1. The van der Waals surface area contributed by atoms with Crippen molar-refractivity contribution in [3.05, 3.63) is 71.3 Å². The lowest BCUT2D eigenvalue weighted by atomic mass is 10.1. The zero-order valence-electron chi connectivity index (χ0n) is 14.8. The molecule has 1 aliphatic rings. The van der Waals surface area contributed by atoms with Gasteiger partial charge in [-0.2, -0.15) is 0 Å². The molecule has 0 amide bonds. The van der Waals surface area contributed by atoms with E-state index in [4.69, 9.17) is 9.47 Å². The van der Waals surface area contributed by atoms with Crippen LogP contribution in [0.4, 0.5) is 0 Å². The molecule has 0 aliphatic heterocycles. The molecule has 132 valence electrons. The molecule has 4 nitrogen and oxygen atoms in total. The van der Waals surface area contributed by atoms with Crippen molar-refractivity contribution < 1.29 is 14.6 Å². The molecule has 2 aromatic carbocycles. The van der Waals surface area contributed by atoms with E-state index in [1.807, 2.05) is 37.3 Å². The molecule has 0 heterocycles. The Hall–Kier alpha value is -2.30. The molecule has 2 N–H and O–H groups in total. The van der Waals surface area contributed by atoms with Crippen LogP contribution in [0.5, 0.6) is 11.5 Å². The minimum atomic E-state index is -0.394. The van der Waals surface area contributed by atoms with Crippen molar-refractivity contribution >= 4 is 0 Å². The summed E-state index contributed by atoms with van der Waals surface area (Å²) in [7, 11) is 1.63. The standard InChI is InChI=1S/C21H25NO3/c1-14(2)13-25-20-10-15(8-9-19(20)24-3)12-22-21-17-7-5-4-6-16(17)11-18(21)23/h4-10,18,21-23H,1,11-13H2,2-3H3/t18-,21+/m0/s1. The second-order valence-electron chi connectivity index (χ2n) is 6.56. The highest BCUT2D eigenvalue weighted by Gasteiger charge is 2.30. The minimum Gasteiger partial charge on any atom is -0.493 e. The first-order chi connectivity index (χ1) is 12.1. The molecule has 0 fully saturated rings. The SMILES string of the molecule is C=C(C)COc1cc(CN[C@@H]2c3ccccc3C[C@@H]2O)ccc1OC. The predicted molar refractivity (Wildman–Crippen MR) is 99.0 cm³/mol. The Morgan fingerprint density at radius 1 is 1.24 bits per heavy atom. The maximum atomic E-state index is 10.4. The van der Waals surface area contributed by atoms with Gasteiger partial charge >= 0.3 is 0 Å². The summed E-state index contributed by atoms with van der Waals surface area (Å²) >= 11 is 0. The molecule has 2 aromatic rings. The van der Waals surface area contributed by atoms with E-state index in [0.717, 1.165) is 11.1 Å². The zero-order valence-corrected chi connectivity index (χ0v) is 14.8. The van der Waals surface area contributed by atoms with Crippen LogP contribution in [-0.2, 0) is 13.0 Å². The van der Waals surface area contributed by atoms with Gasteiger partial charge in [0.1, 0.15) is 6.61 Å². The molecule has 0 spiro atoms. The lowest BCUT2D eigenvalue weighted by molar-refractivity contribution is 0.140. The van der Waals surface area contributed by atoms with Gasteiger partial charge in [0, 0.05) is 13.0 Å². The third-order valence-electron chi connectivity index (χ3n) is 4.43. The van der Waals surface area contributed by atoms with Crippen molar-refractivity contribution in [3.8, 4) is 11.5 Å². The van der Waals surface area contributed by atoms with Gasteiger partial charge in [0.2, 0.25) is 0 Å². The monoisotopic (exact) mass is 339 g/mol. The fourth-order valence-electron chi connectivity index (χ4n) is 3.19. The van der Waals surface area contributed by atoms with Crippen LogP contribution in [0.2, 0.25) is 0 Å². The van der Waals surface area contributed by atoms with Gasteiger partial charge in [-0.05, 0) is 41.3 Å². The average Bonchev–Trinajstić information content (AvgIpc) is 2.93. The van der Waals surface area contributed by atoms with Crippen molar-refractivity contribution in [2.45, 2.75) is 32.0 Å². The molecule has 1 aliphatic carbocycles. The largest absolute Gasteiger partial charge is 0.493 e. The quantitative estimate of drug-likeness (QED) is 0.759. The molecule has 0 bridgehead atoms. The summed E-state index contributed by atoms with van der Waals surface area (Å²) in [6, 6.07) is 14.0. The van der Waals surface area contributed by atoms with E-state index in [1.54, 1.807) is 7.11 Å². The third-order valence-corrected chi connectivity index (χ3v) is 4.43. The second-order valence-corrected chi connectivity index (χ2v) is 6.56. The van der Waals surface area contributed by atoms with E-state index in [0.29, 0.717) is 31.1 Å². The number of rotatable bonds is 7. The van der Waals surface area contributed by atoms with Crippen LogP contribution < -0.4 is 14.8 Å². The van der Waals surface area contributed by atoms with Gasteiger partial charge in [-0.3, -0.25) is 0 Å². The van der Waals surface area contributed by atoms with E-state index >= 15 is 0 Å². The van der Waals surface area contributed by atoms with Crippen LogP contribution in [-0.4, -0.2) is 24.9 Å². The first-order valence-electron chi connectivity index (χ1n) is 8.52. The topological polar surface area (TPSA) is 50.7 Å². The van der Waals surface area contributed by atoms with Crippen LogP contribution in [0.15, 0.2) is 54.6 Å². The van der Waals surface area contributed by atoms with Gasteiger partial charge < -0.3 is 19.9 Å². The molecule has 0 saturated heterocycles. The van der Waals surface area contributed by atoms with Crippen LogP contribution >= 0.6 is 0 Å². The van der Waals surface area contributed by atoms with Gasteiger partial charge in [-0.25, -0.2) is 0 Å². The van der Waals surface area contributed by atoms with Gasteiger partial charge in [-0.15, -0.1) is 0 Å². The highest BCUT2D eigenvalue weighted by molar-refractivity contribution is 5.43. The molecule has 4 heteroatoms. The van der Waals surface area contributed by atoms with Gasteiger partial charge in [-0.1, -0.05) is 36.9 Å². The minimum absolute atomic E-state index is 0.0434. The summed E-state index contributed by atoms with van der Waals surface area (Å²) in [5, 5.41) is 13.8. The van der Waals surface area contributed by atoms with Crippen molar-refractivity contribution in [2.24, 2.45) is 0 Å². The van der Waals surface area contributed by atoms with Crippen molar-refractivity contribution in [3.63, 3.8) is 0 Å². The van der Waals surface area contributed by atoms with E-state index in [1.165, 1.54) is 11.1 Å². The number of benzene rings is 2. The van der Waals surface area contributed by atoms with Crippen molar-refractivity contribution in [1.29, 1.82) is 0 Å². The third kappa shape index (κ3) is 4.03. The summed E-state index contributed by atoms with van der Waals surface area (Å²) < 4.78 is 11.1.